The van der Waals surface area contributed by atoms with E-state index >= 15 is 0 Å². The van der Waals surface area contributed by atoms with Gasteiger partial charge in [0.15, 0.2) is 6.10 Å². The topological polar surface area (TPSA) is 111 Å². The van der Waals surface area contributed by atoms with Crippen LogP contribution in [0.1, 0.15) is 19.0 Å². The molecule has 0 unspecified atom stereocenters. The van der Waals surface area contributed by atoms with E-state index in [1.165, 1.54) is 23.4 Å². The van der Waals surface area contributed by atoms with Gasteiger partial charge >= 0.3 is 5.97 Å². The van der Waals surface area contributed by atoms with Gasteiger partial charge in [-0.25, -0.2) is 4.68 Å². The number of ether oxygens (including phenoxy) is 1. The van der Waals surface area contributed by atoms with Crippen LogP contribution in [0.2, 0.25) is 0 Å². The smallest absolute Gasteiger partial charge is 0.308 e. The third-order valence-electron chi connectivity index (χ3n) is 5.54. The molecule has 2 atom stereocenters. The summed E-state index contributed by atoms with van der Waals surface area (Å²) < 4.78 is 8.35. The minimum atomic E-state index is -1.15. The van der Waals surface area contributed by atoms with Crippen LogP contribution in [0.4, 0.5) is 11.4 Å². The summed E-state index contributed by atoms with van der Waals surface area (Å²) in [4.78, 5) is 51.3. The van der Waals surface area contributed by atoms with Crippen LogP contribution in [0.5, 0.6) is 0 Å². The number of carbonyl (C=O) groups excluding carboxylic acids is 3. The van der Waals surface area contributed by atoms with E-state index in [9.17, 15) is 19.2 Å². The van der Waals surface area contributed by atoms with Gasteiger partial charge in [0, 0.05) is 11.9 Å². The summed E-state index contributed by atoms with van der Waals surface area (Å²) in [5, 5.41) is 4.70. The van der Waals surface area contributed by atoms with E-state index in [4.69, 9.17) is 4.74 Å². The van der Waals surface area contributed by atoms with Crippen LogP contribution in [0.3, 0.4) is 0 Å². The lowest BCUT2D eigenvalue weighted by molar-refractivity contribution is -0.153. The Morgan fingerprint density at radius 1 is 1.12 bits per heavy atom. The molecule has 3 aromatic rings. The number of hydrogen-bond donors (Lipinski definition) is 2. The van der Waals surface area contributed by atoms with Crippen molar-refractivity contribution < 1.29 is 19.1 Å². The van der Waals surface area contributed by atoms with Crippen molar-refractivity contribution in [1.82, 2.24) is 9.36 Å². The molecular weight excluding hydrogens is 456 g/mol. The summed E-state index contributed by atoms with van der Waals surface area (Å²) in [5.74, 6) is -1.61. The van der Waals surface area contributed by atoms with E-state index in [2.05, 4.69) is 10.6 Å². The molecule has 2 aromatic carbocycles. The van der Waals surface area contributed by atoms with Gasteiger partial charge in [0.25, 0.3) is 11.5 Å². The molecule has 10 heteroatoms. The highest BCUT2D eigenvalue weighted by Crippen LogP contribution is 2.36. The lowest BCUT2D eigenvalue weighted by atomic mass is 10.2. The Hall–Kier alpha value is -3.79. The second-order valence-electron chi connectivity index (χ2n) is 7.85. The molecule has 1 aliphatic rings. The fourth-order valence-electron chi connectivity index (χ4n) is 3.61. The molecule has 0 saturated heterocycles. The molecule has 0 radical (unpaired) electrons. The quantitative estimate of drug-likeness (QED) is 0.525. The van der Waals surface area contributed by atoms with Gasteiger partial charge in [0.05, 0.1) is 28.7 Å². The molecule has 176 valence electrons. The average Bonchev–Trinajstić information content (AvgIpc) is 3.03. The highest BCUT2D eigenvalue weighted by atomic mass is 32.2. The Balaban J connectivity index is 1.41. The number of rotatable bonds is 6. The van der Waals surface area contributed by atoms with Gasteiger partial charge in [-0.3, -0.25) is 23.9 Å². The molecular formula is C24H24N4O5S. The summed E-state index contributed by atoms with van der Waals surface area (Å²) in [6, 6.07) is 16.4. The second-order valence-corrected chi connectivity index (χ2v) is 9.10. The number of esters is 1. The lowest BCUT2D eigenvalue weighted by Crippen LogP contribution is -2.35. The van der Waals surface area contributed by atoms with Gasteiger partial charge in [-0.15, -0.1) is 11.8 Å². The van der Waals surface area contributed by atoms with Crippen LogP contribution < -0.4 is 16.2 Å². The van der Waals surface area contributed by atoms with E-state index in [1.54, 1.807) is 36.9 Å². The number of anilines is 2. The molecule has 0 spiro atoms. The maximum absolute atomic E-state index is 13.0. The standard InChI is InChI=1S/C24H24N4O5S/c1-14-21(24(32)28(27(14)3)16-9-5-4-6-10-16)26-22(30)15(2)33-20(29)13-19-23(31)25-17-11-7-8-12-18(17)34-19/h4-12,15,19H,13H2,1-3H3,(H,25,31)(H,26,30)/t15-,19-/m1/s1. The second kappa shape index (κ2) is 9.60. The Kier molecular flexibility index (Phi) is 6.60. The number of amides is 2. The minimum Gasteiger partial charge on any atom is -0.452 e. The number of benzene rings is 2. The number of hydrogen-bond acceptors (Lipinski definition) is 6. The van der Waals surface area contributed by atoms with E-state index in [1.807, 2.05) is 36.4 Å². The third kappa shape index (κ3) is 4.62. The van der Waals surface area contributed by atoms with Crippen molar-refractivity contribution in [2.45, 2.75) is 36.5 Å². The zero-order valence-corrected chi connectivity index (χ0v) is 19.7. The molecule has 2 N–H and O–H groups in total. The number of aromatic nitrogens is 2. The molecule has 9 nitrogen and oxygen atoms in total. The molecule has 0 bridgehead atoms. The molecule has 0 fully saturated rings. The van der Waals surface area contributed by atoms with E-state index < -0.39 is 28.8 Å². The number of nitrogens with zero attached hydrogens (tertiary/aromatic N) is 2. The van der Waals surface area contributed by atoms with Gasteiger partial charge < -0.3 is 15.4 Å². The van der Waals surface area contributed by atoms with E-state index in [-0.39, 0.29) is 18.0 Å². The molecule has 0 aliphatic carbocycles. The Labute approximate surface area is 200 Å². The number of fused-ring (bicyclic) bond motifs is 1. The zero-order chi connectivity index (χ0) is 24.4. The number of carbonyl (C=O) groups is 3. The van der Waals surface area contributed by atoms with Gasteiger partial charge in [-0.1, -0.05) is 30.3 Å². The molecule has 0 saturated carbocycles. The van der Waals surface area contributed by atoms with Gasteiger partial charge in [0.2, 0.25) is 5.91 Å². The van der Waals surface area contributed by atoms with Crippen LogP contribution in [0.25, 0.3) is 5.69 Å². The monoisotopic (exact) mass is 480 g/mol. The van der Waals surface area contributed by atoms with Crippen molar-refractivity contribution >= 4 is 40.9 Å². The average molecular weight is 481 g/mol. The molecule has 34 heavy (non-hydrogen) atoms. The summed E-state index contributed by atoms with van der Waals surface area (Å²) >= 11 is 1.28. The van der Waals surface area contributed by atoms with Crippen molar-refractivity contribution in [2.24, 2.45) is 7.05 Å². The van der Waals surface area contributed by atoms with Gasteiger partial charge in [0.1, 0.15) is 5.69 Å². The van der Waals surface area contributed by atoms with Crippen LogP contribution in [-0.2, 0) is 26.2 Å². The summed E-state index contributed by atoms with van der Waals surface area (Å²) in [6.07, 6.45) is -1.34. The molecule has 1 aromatic heterocycles. The van der Waals surface area contributed by atoms with Crippen molar-refractivity contribution in [1.29, 1.82) is 0 Å². The molecule has 4 rings (SSSR count). The summed E-state index contributed by atoms with van der Waals surface area (Å²) in [5.41, 5.74) is 1.62. The predicted octanol–water partition coefficient (Wildman–Crippen LogP) is 2.86. The number of para-hydroxylation sites is 2. The van der Waals surface area contributed by atoms with Crippen LogP contribution in [0.15, 0.2) is 64.3 Å². The first-order valence-corrected chi connectivity index (χ1v) is 11.5. The molecule has 2 amide bonds. The largest absolute Gasteiger partial charge is 0.452 e. The van der Waals surface area contributed by atoms with Crippen LogP contribution in [-0.4, -0.2) is 38.5 Å². The maximum Gasteiger partial charge on any atom is 0.308 e. The van der Waals surface area contributed by atoms with Crippen molar-refractivity contribution in [3.05, 3.63) is 70.6 Å². The first-order chi connectivity index (χ1) is 16.3. The van der Waals surface area contributed by atoms with Crippen molar-refractivity contribution in [2.75, 3.05) is 10.6 Å². The summed E-state index contributed by atoms with van der Waals surface area (Å²) in [7, 11) is 1.72. The lowest BCUT2D eigenvalue weighted by Gasteiger charge is -2.23. The zero-order valence-electron chi connectivity index (χ0n) is 18.9. The van der Waals surface area contributed by atoms with Crippen LogP contribution >= 0.6 is 11.8 Å². The summed E-state index contributed by atoms with van der Waals surface area (Å²) in [6.45, 7) is 3.13. The Morgan fingerprint density at radius 2 is 1.79 bits per heavy atom. The predicted molar refractivity (Wildman–Crippen MR) is 129 cm³/mol. The van der Waals surface area contributed by atoms with Gasteiger partial charge in [-0.2, -0.15) is 0 Å². The Bertz CT molecular complexity index is 1310. The molecule has 2 heterocycles. The normalized spacial score (nSPS) is 15.7. The number of thioether (sulfide) groups is 1. The maximum atomic E-state index is 13.0. The first kappa shape index (κ1) is 23.4. The third-order valence-corrected chi connectivity index (χ3v) is 6.81. The molecule has 1 aliphatic heterocycles. The Morgan fingerprint density at radius 3 is 2.53 bits per heavy atom. The van der Waals surface area contributed by atoms with Crippen LogP contribution in [0, 0.1) is 6.92 Å². The van der Waals surface area contributed by atoms with Crippen molar-refractivity contribution in [3.63, 3.8) is 0 Å². The fraction of sp³-hybridized carbons (Fsp3) is 0.250. The van der Waals surface area contributed by atoms with E-state index in [0.29, 0.717) is 17.1 Å². The first-order valence-electron chi connectivity index (χ1n) is 10.7. The number of nitrogens with one attached hydrogen (secondary N) is 2. The van der Waals surface area contributed by atoms with Gasteiger partial charge in [-0.05, 0) is 38.1 Å². The fourth-order valence-corrected chi connectivity index (χ4v) is 4.71. The van der Waals surface area contributed by atoms with Crippen molar-refractivity contribution in [3.8, 4) is 5.69 Å². The highest BCUT2D eigenvalue weighted by molar-refractivity contribution is 8.01. The SMILES string of the molecule is Cc1c(NC(=O)[C@@H](C)OC(=O)C[C@H]2Sc3ccccc3NC2=O)c(=O)n(-c2ccccc2)n1C. The van der Waals surface area contributed by atoms with E-state index in [0.717, 1.165) is 4.90 Å². The minimum absolute atomic E-state index is 0.109. The highest BCUT2D eigenvalue weighted by Gasteiger charge is 2.31.